The summed E-state index contributed by atoms with van der Waals surface area (Å²) in [4.78, 5) is 11.8. The van der Waals surface area contributed by atoms with Crippen molar-refractivity contribution in [2.75, 3.05) is 18.9 Å². The van der Waals surface area contributed by atoms with Crippen LogP contribution in [0.25, 0.3) is 0 Å². The van der Waals surface area contributed by atoms with Gasteiger partial charge in [-0.1, -0.05) is 12.1 Å². The van der Waals surface area contributed by atoms with Gasteiger partial charge in [0.05, 0.1) is 0 Å². The molecule has 8 heteroatoms. The summed E-state index contributed by atoms with van der Waals surface area (Å²) in [5.74, 6) is -0.706. The average Bonchev–Trinajstić information content (AvgIpc) is 3.02. The summed E-state index contributed by atoms with van der Waals surface area (Å²) < 4.78 is 38.9. The molecule has 1 heterocycles. The minimum Gasteiger partial charge on any atom is -0.326 e. The van der Waals surface area contributed by atoms with Crippen LogP contribution >= 0.6 is 11.3 Å². The lowest BCUT2D eigenvalue weighted by Gasteiger charge is -2.15. The van der Waals surface area contributed by atoms with E-state index >= 15 is 0 Å². The highest BCUT2D eigenvalue weighted by Crippen LogP contribution is 2.20. The summed E-state index contributed by atoms with van der Waals surface area (Å²) in [5.41, 5.74) is 0.384. The zero-order chi connectivity index (χ0) is 16.9. The molecule has 5 nitrogen and oxygen atoms in total. The fraction of sp³-hybridized carbons (Fsp3) is 0.267. The van der Waals surface area contributed by atoms with Crippen LogP contribution in [-0.4, -0.2) is 32.2 Å². The number of anilines is 1. The number of hydrogen-bond acceptors (Lipinski definition) is 4. The normalized spacial score (nSPS) is 11.6. The summed E-state index contributed by atoms with van der Waals surface area (Å²) in [5, 5.41) is 4.28. The summed E-state index contributed by atoms with van der Waals surface area (Å²) in [6.45, 7) is 0.233. The summed E-state index contributed by atoms with van der Waals surface area (Å²) in [7, 11) is -2.00. The zero-order valence-corrected chi connectivity index (χ0v) is 14.2. The molecular weight excluding hydrogens is 339 g/mol. The van der Waals surface area contributed by atoms with Gasteiger partial charge in [0.15, 0.2) is 0 Å². The number of hydrogen-bond donors (Lipinski definition) is 1. The van der Waals surface area contributed by atoms with Crippen molar-refractivity contribution in [2.45, 2.75) is 17.1 Å². The Labute approximate surface area is 138 Å². The number of thiophene rings is 1. The standard InChI is InChI=1S/C15H17FN2O3S2/c1-18(23(20,21)15-8-4-10-22-15)9-3-7-14(19)17-13-6-2-5-12(16)11-13/h2,4-6,8,10-11H,3,7,9H2,1H3,(H,17,19). The van der Waals surface area contributed by atoms with Gasteiger partial charge in [-0.2, -0.15) is 0 Å². The predicted molar refractivity (Wildman–Crippen MR) is 88.4 cm³/mol. The lowest BCUT2D eigenvalue weighted by molar-refractivity contribution is -0.116. The van der Waals surface area contributed by atoms with Crippen LogP contribution in [-0.2, 0) is 14.8 Å². The quantitative estimate of drug-likeness (QED) is 0.829. The largest absolute Gasteiger partial charge is 0.326 e. The van der Waals surface area contributed by atoms with Crippen LogP contribution in [0.4, 0.5) is 10.1 Å². The van der Waals surface area contributed by atoms with E-state index in [1.807, 2.05) is 0 Å². The molecule has 0 unspecified atom stereocenters. The first-order valence-electron chi connectivity index (χ1n) is 6.95. The van der Waals surface area contributed by atoms with Crippen LogP contribution in [0, 0.1) is 5.82 Å². The predicted octanol–water partition coefficient (Wildman–Crippen LogP) is 2.93. The van der Waals surface area contributed by atoms with Gasteiger partial charge in [0.1, 0.15) is 10.0 Å². The molecule has 1 amide bonds. The smallest absolute Gasteiger partial charge is 0.252 e. The van der Waals surface area contributed by atoms with Crippen LogP contribution in [0.2, 0.25) is 0 Å². The molecule has 0 bridgehead atoms. The molecule has 0 aliphatic rings. The molecule has 2 aromatic rings. The number of halogens is 1. The van der Waals surface area contributed by atoms with Crippen molar-refractivity contribution in [3.05, 3.63) is 47.6 Å². The average molecular weight is 356 g/mol. The van der Waals surface area contributed by atoms with Crippen molar-refractivity contribution >= 4 is 33.0 Å². The molecule has 0 fully saturated rings. The highest BCUT2D eigenvalue weighted by Gasteiger charge is 2.21. The van der Waals surface area contributed by atoms with E-state index in [4.69, 9.17) is 0 Å². The van der Waals surface area contributed by atoms with E-state index in [1.165, 1.54) is 29.6 Å². The minimum absolute atomic E-state index is 0.154. The highest BCUT2D eigenvalue weighted by atomic mass is 32.2. The molecule has 124 valence electrons. The van der Waals surface area contributed by atoms with Crippen LogP contribution in [0.5, 0.6) is 0 Å². The fourth-order valence-electron chi connectivity index (χ4n) is 1.94. The highest BCUT2D eigenvalue weighted by molar-refractivity contribution is 7.91. The first-order valence-corrected chi connectivity index (χ1v) is 9.27. The maximum Gasteiger partial charge on any atom is 0.252 e. The maximum atomic E-state index is 13.0. The number of carbonyl (C=O) groups is 1. The molecule has 1 aromatic heterocycles. The number of amides is 1. The topological polar surface area (TPSA) is 66.5 Å². The van der Waals surface area contributed by atoms with Gasteiger partial charge >= 0.3 is 0 Å². The summed E-state index contributed by atoms with van der Waals surface area (Å²) in [6.07, 6.45) is 0.531. The van der Waals surface area contributed by atoms with Crippen LogP contribution in [0.1, 0.15) is 12.8 Å². The minimum atomic E-state index is -3.49. The third kappa shape index (κ3) is 4.85. The second-order valence-electron chi connectivity index (χ2n) is 4.92. The van der Waals surface area contributed by atoms with E-state index in [0.29, 0.717) is 12.1 Å². The molecule has 0 spiro atoms. The Morgan fingerprint density at radius 1 is 1.30 bits per heavy atom. The van der Waals surface area contributed by atoms with Crippen molar-refractivity contribution in [2.24, 2.45) is 0 Å². The molecule has 0 aliphatic carbocycles. The third-order valence-electron chi connectivity index (χ3n) is 3.14. The van der Waals surface area contributed by atoms with Crippen molar-refractivity contribution in [3.63, 3.8) is 0 Å². The van der Waals surface area contributed by atoms with Gasteiger partial charge in [-0.3, -0.25) is 4.79 Å². The molecule has 0 saturated heterocycles. The van der Waals surface area contributed by atoms with E-state index in [-0.39, 0.29) is 23.1 Å². The number of sulfonamides is 1. The number of nitrogens with one attached hydrogen (secondary N) is 1. The lowest BCUT2D eigenvalue weighted by atomic mass is 10.2. The molecule has 0 saturated carbocycles. The van der Waals surface area contributed by atoms with Crippen LogP contribution in [0.15, 0.2) is 46.0 Å². The Bertz CT molecular complexity index is 761. The molecule has 23 heavy (non-hydrogen) atoms. The molecule has 1 N–H and O–H groups in total. The molecule has 2 rings (SSSR count). The molecule has 0 radical (unpaired) electrons. The maximum absolute atomic E-state index is 13.0. The van der Waals surface area contributed by atoms with Gasteiger partial charge < -0.3 is 5.32 Å². The molecule has 0 atom stereocenters. The Morgan fingerprint density at radius 2 is 2.09 bits per heavy atom. The Kier molecular flexibility index (Phi) is 5.86. The van der Waals surface area contributed by atoms with Crippen LogP contribution in [0.3, 0.4) is 0 Å². The Balaban J connectivity index is 1.81. The van der Waals surface area contributed by atoms with Gasteiger partial charge in [-0.25, -0.2) is 17.1 Å². The number of rotatable bonds is 7. The fourth-order valence-corrected chi connectivity index (χ4v) is 4.35. The zero-order valence-electron chi connectivity index (χ0n) is 12.5. The second kappa shape index (κ2) is 7.67. The van der Waals surface area contributed by atoms with E-state index < -0.39 is 15.8 Å². The summed E-state index contributed by atoms with van der Waals surface area (Å²) in [6, 6.07) is 8.84. The monoisotopic (exact) mass is 356 g/mol. The number of benzene rings is 1. The van der Waals surface area contributed by atoms with Crippen LogP contribution < -0.4 is 5.32 Å². The molecule has 1 aromatic carbocycles. The van der Waals surface area contributed by atoms with E-state index in [2.05, 4.69) is 5.32 Å². The van der Waals surface area contributed by atoms with Crippen molar-refractivity contribution in [1.82, 2.24) is 4.31 Å². The van der Waals surface area contributed by atoms with Gasteiger partial charge in [0, 0.05) is 25.7 Å². The van der Waals surface area contributed by atoms with Crippen molar-refractivity contribution < 1.29 is 17.6 Å². The SMILES string of the molecule is CN(CCCC(=O)Nc1cccc(F)c1)S(=O)(=O)c1cccs1. The Morgan fingerprint density at radius 3 is 2.74 bits per heavy atom. The van der Waals surface area contributed by atoms with E-state index in [9.17, 15) is 17.6 Å². The first-order chi connectivity index (χ1) is 10.9. The molecule has 0 aliphatic heterocycles. The van der Waals surface area contributed by atoms with Gasteiger partial charge in [-0.05, 0) is 36.1 Å². The van der Waals surface area contributed by atoms with Gasteiger partial charge in [-0.15, -0.1) is 11.3 Å². The lowest BCUT2D eigenvalue weighted by Crippen LogP contribution is -2.28. The van der Waals surface area contributed by atoms with E-state index in [0.717, 1.165) is 11.3 Å². The van der Waals surface area contributed by atoms with Crippen molar-refractivity contribution in [3.8, 4) is 0 Å². The number of carbonyl (C=O) groups excluding carboxylic acids is 1. The third-order valence-corrected chi connectivity index (χ3v) is 6.37. The van der Waals surface area contributed by atoms with Gasteiger partial charge in [0.25, 0.3) is 10.0 Å². The molecular formula is C15H17FN2O3S2. The number of nitrogens with zero attached hydrogens (tertiary/aromatic N) is 1. The Hall–Kier alpha value is -1.77. The van der Waals surface area contributed by atoms with Crippen molar-refractivity contribution in [1.29, 1.82) is 0 Å². The second-order valence-corrected chi connectivity index (χ2v) is 8.14. The van der Waals surface area contributed by atoms with E-state index in [1.54, 1.807) is 23.6 Å². The van der Waals surface area contributed by atoms with Gasteiger partial charge in [0.2, 0.25) is 5.91 Å². The first kappa shape index (κ1) is 17.6. The summed E-state index contributed by atoms with van der Waals surface area (Å²) >= 11 is 1.16.